The van der Waals surface area contributed by atoms with Crippen LogP contribution in [0.2, 0.25) is 0 Å². The number of furan rings is 1. The largest absolute Gasteiger partial charge is 0.468 e. The van der Waals surface area contributed by atoms with Crippen molar-refractivity contribution in [3.8, 4) is 0 Å². The molecule has 0 aliphatic carbocycles. The Morgan fingerprint density at radius 3 is 2.74 bits per heavy atom. The van der Waals surface area contributed by atoms with E-state index in [1.54, 1.807) is 0 Å². The Morgan fingerprint density at radius 1 is 1.32 bits per heavy atom. The molecule has 0 fully saturated rings. The van der Waals surface area contributed by atoms with Crippen molar-refractivity contribution in [2.45, 2.75) is 66.1 Å². The van der Waals surface area contributed by atoms with Crippen LogP contribution in [0.15, 0.2) is 16.7 Å². The van der Waals surface area contributed by atoms with Crippen LogP contribution in [0.3, 0.4) is 0 Å². The highest BCUT2D eigenvalue weighted by atomic mass is 16.3. The maximum absolute atomic E-state index is 5.60. The van der Waals surface area contributed by atoms with Gasteiger partial charge < -0.3 is 9.73 Å². The lowest BCUT2D eigenvalue weighted by atomic mass is 10.1. The molecule has 0 radical (unpaired) electrons. The Balaban J connectivity index is 2.64. The fourth-order valence-electron chi connectivity index (χ4n) is 2.20. The van der Waals surface area contributed by atoms with E-state index in [2.05, 4.69) is 44.0 Å². The van der Waals surface area contributed by atoms with Gasteiger partial charge in [-0.2, -0.15) is 0 Å². The molecule has 0 spiro atoms. The van der Waals surface area contributed by atoms with Crippen LogP contribution < -0.4 is 5.32 Å². The number of nitrogens with zero attached hydrogens (tertiary/aromatic N) is 1. The van der Waals surface area contributed by atoms with Crippen LogP contribution in [0.25, 0.3) is 0 Å². The summed E-state index contributed by atoms with van der Waals surface area (Å²) in [6.07, 6.45) is 5.54. The Hall–Kier alpha value is -0.800. The minimum atomic E-state index is 0.633. The van der Waals surface area contributed by atoms with Gasteiger partial charge in [-0.3, -0.25) is 4.90 Å². The molecule has 1 N–H and O–H groups in total. The molecule has 1 aromatic heterocycles. The van der Waals surface area contributed by atoms with E-state index in [1.165, 1.54) is 31.4 Å². The molecule has 0 aromatic carbocycles. The average molecular weight is 266 g/mol. The van der Waals surface area contributed by atoms with E-state index in [-0.39, 0.29) is 0 Å². The summed E-state index contributed by atoms with van der Waals surface area (Å²) in [5.74, 6) is 1.09. The zero-order valence-corrected chi connectivity index (χ0v) is 13.0. The van der Waals surface area contributed by atoms with E-state index in [1.807, 2.05) is 6.26 Å². The molecule has 3 nitrogen and oxygen atoms in total. The van der Waals surface area contributed by atoms with E-state index in [9.17, 15) is 0 Å². The van der Waals surface area contributed by atoms with Crippen molar-refractivity contribution in [2.24, 2.45) is 0 Å². The maximum atomic E-state index is 5.60. The highest BCUT2D eigenvalue weighted by molar-refractivity contribution is 5.17. The van der Waals surface area contributed by atoms with Gasteiger partial charge in [0.2, 0.25) is 0 Å². The second-order valence-corrected chi connectivity index (χ2v) is 5.23. The number of nitrogens with one attached hydrogen (secondary N) is 1. The summed E-state index contributed by atoms with van der Waals surface area (Å²) < 4.78 is 5.60. The van der Waals surface area contributed by atoms with Crippen molar-refractivity contribution >= 4 is 0 Å². The SMILES string of the molecule is CCCCN(Cc1ccoc1CNCC)C(C)CC. The van der Waals surface area contributed by atoms with Gasteiger partial charge in [-0.15, -0.1) is 0 Å². The van der Waals surface area contributed by atoms with Gasteiger partial charge in [0.25, 0.3) is 0 Å². The molecule has 1 rings (SSSR count). The van der Waals surface area contributed by atoms with E-state index in [0.717, 1.165) is 25.4 Å². The first-order valence-corrected chi connectivity index (χ1v) is 7.72. The van der Waals surface area contributed by atoms with Gasteiger partial charge in [0.1, 0.15) is 5.76 Å². The normalized spacial score (nSPS) is 13.1. The fraction of sp³-hybridized carbons (Fsp3) is 0.750. The molecule has 3 heteroatoms. The van der Waals surface area contributed by atoms with Gasteiger partial charge in [0.05, 0.1) is 12.8 Å². The number of unbranched alkanes of at least 4 members (excludes halogenated alkanes) is 1. The number of hydrogen-bond donors (Lipinski definition) is 1. The Kier molecular flexibility index (Phi) is 7.84. The number of rotatable bonds is 10. The molecule has 0 saturated carbocycles. The minimum Gasteiger partial charge on any atom is -0.468 e. The van der Waals surface area contributed by atoms with Crippen molar-refractivity contribution in [3.63, 3.8) is 0 Å². The van der Waals surface area contributed by atoms with Gasteiger partial charge in [-0.05, 0) is 38.9 Å². The molecule has 0 amide bonds. The summed E-state index contributed by atoms with van der Waals surface area (Å²) in [7, 11) is 0. The second kappa shape index (κ2) is 9.16. The third kappa shape index (κ3) is 5.37. The maximum Gasteiger partial charge on any atom is 0.122 e. The predicted molar refractivity (Wildman–Crippen MR) is 81.2 cm³/mol. The van der Waals surface area contributed by atoms with Crippen LogP contribution in [0.5, 0.6) is 0 Å². The molecular weight excluding hydrogens is 236 g/mol. The summed E-state index contributed by atoms with van der Waals surface area (Å²) in [4.78, 5) is 2.57. The van der Waals surface area contributed by atoms with Gasteiger partial charge >= 0.3 is 0 Å². The van der Waals surface area contributed by atoms with Gasteiger partial charge in [-0.1, -0.05) is 27.2 Å². The first-order valence-electron chi connectivity index (χ1n) is 7.72. The zero-order valence-electron chi connectivity index (χ0n) is 13.0. The Labute approximate surface area is 118 Å². The highest BCUT2D eigenvalue weighted by Crippen LogP contribution is 2.16. The molecule has 1 heterocycles. The molecule has 1 aromatic rings. The first kappa shape index (κ1) is 16.3. The lowest BCUT2D eigenvalue weighted by molar-refractivity contribution is 0.191. The summed E-state index contributed by atoms with van der Waals surface area (Å²) >= 11 is 0. The van der Waals surface area contributed by atoms with Crippen LogP contribution in [0.4, 0.5) is 0 Å². The fourth-order valence-corrected chi connectivity index (χ4v) is 2.20. The van der Waals surface area contributed by atoms with Crippen molar-refractivity contribution in [2.75, 3.05) is 13.1 Å². The number of hydrogen-bond acceptors (Lipinski definition) is 3. The molecule has 0 aliphatic rings. The van der Waals surface area contributed by atoms with E-state index in [4.69, 9.17) is 4.42 Å². The molecule has 1 atom stereocenters. The predicted octanol–water partition coefficient (Wildman–Crippen LogP) is 3.79. The highest BCUT2D eigenvalue weighted by Gasteiger charge is 2.15. The summed E-state index contributed by atoms with van der Waals surface area (Å²) in [6.45, 7) is 13.0. The van der Waals surface area contributed by atoms with Gasteiger partial charge in [0, 0.05) is 18.2 Å². The van der Waals surface area contributed by atoms with Crippen LogP contribution in [0, 0.1) is 0 Å². The topological polar surface area (TPSA) is 28.4 Å². The standard InChI is InChI=1S/C16H30N2O/c1-5-8-10-18(14(4)6-2)13-15-9-11-19-16(15)12-17-7-3/h9,11,14,17H,5-8,10,12-13H2,1-4H3. The lowest BCUT2D eigenvalue weighted by Crippen LogP contribution is -2.33. The third-order valence-electron chi connectivity index (χ3n) is 3.76. The van der Waals surface area contributed by atoms with E-state index in [0.29, 0.717) is 6.04 Å². The van der Waals surface area contributed by atoms with Crippen LogP contribution in [0.1, 0.15) is 58.3 Å². The van der Waals surface area contributed by atoms with Gasteiger partial charge in [0.15, 0.2) is 0 Å². The molecule has 0 saturated heterocycles. The second-order valence-electron chi connectivity index (χ2n) is 5.23. The third-order valence-corrected chi connectivity index (χ3v) is 3.76. The Bertz CT molecular complexity index is 335. The van der Waals surface area contributed by atoms with E-state index < -0.39 is 0 Å². The van der Waals surface area contributed by atoms with Gasteiger partial charge in [-0.25, -0.2) is 0 Å². The molecule has 0 bridgehead atoms. The molecule has 0 aliphatic heterocycles. The van der Waals surface area contributed by atoms with Crippen LogP contribution in [-0.4, -0.2) is 24.0 Å². The minimum absolute atomic E-state index is 0.633. The van der Waals surface area contributed by atoms with Crippen molar-refractivity contribution in [1.82, 2.24) is 10.2 Å². The van der Waals surface area contributed by atoms with Crippen molar-refractivity contribution in [3.05, 3.63) is 23.7 Å². The first-order chi connectivity index (χ1) is 9.22. The summed E-state index contributed by atoms with van der Waals surface area (Å²) in [6, 6.07) is 2.75. The smallest absolute Gasteiger partial charge is 0.122 e. The van der Waals surface area contributed by atoms with Crippen molar-refractivity contribution in [1.29, 1.82) is 0 Å². The van der Waals surface area contributed by atoms with Crippen molar-refractivity contribution < 1.29 is 4.42 Å². The molecule has 110 valence electrons. The average Bonchev–Trinajstić information content (AvgIpc) is 2.87. The quantitative estimate of drug-likeness (QED) is 0.698. The zero-order chi connectivity index (χ0) is 14.1. The summed E-state index contributed by atoms with van der Waals surface area (Å²) in [5.41, 5.74) is 1.33. The van der Waals surface area contributed by atoms with Crippen LogP contribution >= 0.6 is 0 Å². The van der Waals surface area contributed by atoms with Crippen LogP contribution in [-0.2, 0) is 13.1 Å². The monoisotopic (exact) mass is 266 g/mol. The van der Waals surface area contributed by atoms with E-state index >= 15 is 0 Å². The molecule has 19 heavy (non-hydrogen) atoms. The Morgan fingerprint density at radius 2 is 2.11 bits per heavy atom. The lowest BCUT2D eigenvalue weighted by Gasteiger charge is -2.28. The summed E-state index contributed by atoms with van der Waals surface area (Å²) in [5, 5.41) is 3.34. The molecule has 1 unspecified atom stereocenters. The molecular formula is C16H30N2O.